The van der Waals surface area contributed by atoms with Crippen LogP contribution in [0.5, 0.6) is 17.2 Å². The maximum Gasteiger partial charge on any atom is 0.202 e. The molecular weight excluding hydrogens is 494 g/mol. The predicted molar refractivity (Wildman–Crippen MR) is 134 cm³/mol. The molecule has 10 nitrogen and oxygen atoms in total. The van der Waals surface area contributed by atoms with Crippen LogP contribution >= 0.6 is 0 Å². The van der Waals surface area contributed by atoms with Crippen LogP contribution in [0.3, 0.4) is 0 Å². The molecule has 38 heavy (non-hydrogen) atoms. The maximum atomic E-state index is 13.7. The molecule has 3 aliphatic rings. The second kappa shape index (κ2) is 9.32. The van der Waals surface area contributed by atoms with Crippen molar-refractivity contribution < 1.29 is 44.2 Å². The average molecular weight is 524 g/mol. The number of aliphatic hydroxyl groups is 2. The summed E-state index contributed by atoms with van der Waals surface area (Å²) in [7, 11) is 1.36. The molecule has 200 valence electrons. The number of phenols is 2. The first-order chi connectivity index (χ1) is 18.0. The molecule has 0 saturated carbocycles. The van der Waals surface area contributed by atoms with E-state index in [4.69, 9.17) is 19.6 Å². The molecule has 2 aromatic rings. The van der Waals surface area contributed by atoms with E-state index in [-0.39, 0.29) is 70.1 Å². The lowest BCUT2D eigenvalue weighted by Gasteiger charge is -2.42. The van der Waals surface area contributed by atoms with Gasteiger partial charge < -0.3 is 40.0 Å². The number of fused-ring (bicyclic) bond motifs is 3. The van der Waals surface area contributed by atoms with Gasteiger partial charge in [0.1, 0.15) is 17.2 Å². The Labute approximate surface area is 218 Å². The van der Waals surface area contributed by atoms with Gasteiger partial charge in [-0.25, -0.2) is 0 Å². The van der Waals surface area contributed by atoms with Crippen molar-refractivity contribution in [1.29, 1.82) is 5.41 Å². The molecule has 2 aromatic carbocycles. The van der Waals surface area contributed by atoms with E-state index in [9.17, 15) is 30.0 Å². The van der Waals surface area contributed by atoms with E-state index in [2.05, 4.69) is 6.58 Å². The van der Waals surface area contributed by atoms with E-state index in [1.165, 1.54) is 19.2 Å². The molecule has 1 saturated heterocycles. The largest absolute Gasteiger partial charge is 0.507 e. The summed E-state index contributed by atoms with van der Waals surface area (Å²) in [5.74, 6) is -2.36. The van der Waals surface area contributed by atoms with Crippen molar-refractivity contribution in [3.63, 3.8) is 0 Å². The Morgan fingerprint density at radius 1 is 1.16 bits per heavy atom. The number of benzene rings is 2. The molecular formula is C28H29NO9. The molecule has 5 N–H and O–H groups in total. The van der Waals surface area contributed by atoms with Crippen LogP contribution in [0.1, 0.15) is 75.3 Å². The zero-order chi connectivity index (χ0) is 27.5. The Morgan fingerprint density at radius 3 is 2.53 bits per heavy atom. The summed E-state index contributed by atoms with van der Waals surface area (Å²) < 4.78 is 17.3. The van der Waals surface area contributed by atoms with Crippen molar-refractivity contribution in [2.75, 3.05) is 13.7 Å². The van der Waals surface area contributed by atoms with Crippen LogP contribution in [-0.2, 0) is 15.9 Å². The summed E-state index contributed by atoms with van der Waals surface area (Å²) >= 11 is 0. The number of hydrogen-bond acceptors (Lipinski definition) is 10. The summed E-state index contributed by atoms with van der Waals surface area (Å²) in [5.41, 5.74) is -2.05. The third kappa shape index (κ3) is 3.92. The van der Waals surface area contributed by atoms with Crippen LogP contribution in [0.2, 0.25) is 0 Å². The molecule has 0 unspecified atom stereocenters. The first-order valence-corrected chi connectivity index (χ1v) is 12.3. The minimum atomic E-state index is -1.76. The van der Waals surface area contributed by atoms with Crippen molar-refractivity contribution >= 4 is 17.3 Å². The van der Waals surface area contributed by atoms with Gasteiger partial charge in [-0.1, -0.05) is 18.7 Å². The SMILES string of the molecule is C=C(CO)[C@@]1(O)Cc2c(O)c3c(c(O)c2[C@H](O[C@@H]2CC(=N)C[C@@H](C)O2)C1)C(=O)c1c(OC)cccc1C3=O. The van der Waals surface area contributed by atoms with Crippen LogP contribution < -0.4 is 4.74 Å². The normalized spacial score (nSPS) is 26.4. The number of carbonyl (C=O) groups excluding carboxylic acids is 2. The van der Waals surface area contributed by atoms with Crippen molar-refractivity contribution in [1.82, 2.24) is 0 Å². The Hall–Kier alpha value is -3.57. The number of aliphatic hydroxyl groups excluding tert-OH is 1. The molecule has 2 aliphatic carbocycles. The Kier molecular flexibility index (Phi) is 6.39. The van der Waals surface area contributed by atoms with Gasteiger partial charge in [-0.05, 0) is 18.6 Å². The smallest absolute Gasteiger partial charge is 0.202 e. The second-order valence-electron chi connectivity index (χ2n) is 10.1. The number of hydrogen-bond donors (Lipinski definition) is 5. The average Bonchev–Trinajstić information content (AvgIpc) is 2.87. The van der Waals surface area contributed by atoms with Gasteiger partial charge in [0.15, 0.2) is 12.1 Å². The number of ether oxygens (including phenoxy) is 3. The lowest BCUT2D eigenvalue weighted by atomic mass is 9.71. The van der Waals surface area contributed by atoms with Crippen molar-refractivity contribution in [3.8, 4) is 17.2 Å². The highest BCUT2D eigenvalue weighted by Crippen LogP contribution is 2.53. The van der Waals surface area contributed by atoms with Crippen molar-refractivity contribution in [2.45, 2.75) is 56.7 Å². The standard InChI is InChI=1S/C28H29NO9/c1-12(11-30)28(35)9-16-21(18(10-28)38-19-8-14(29)7-13(2)37-19)27(34)23-22(25(16)32)24(31)15-5-4-6-17(36-3)20(15)26(23)33/h4-6,13,18-19,29-30,32,34-35H,1,7-11H2,2-3H3/t13-,18-,19-,28-/m1/s1. The van der Waals surface area contributed by atoms with Crippen LogP contribution in [0.25, 0.3) is 0 Å². The Balaban J connectivity index is 1.71. The lowest BCUT2D eigenvalue weighted by molar-refractivity contribution is -0.205. The van der Waals surface area contributed by atoms with E-state index >= 15 is 0 Å². The summed E-state index contributed by atoms with van der Waals surface area (Å²) in [6.07, 6.45) is -2.23. The third-order valence-electron chi connectivity index (χ3n) is 7.57. The van der Waals surface area contributed by atoms with Gasteiger partial charge >= 0.3 is 0 Å². The Bertz CT molecular complexity index is 1400. The predicted octanol–water partition coefficient (Wildman–Crippen LogP) is 2.71. The molecule has 0 aromatic heterocycles. The summed E-state index contributed by atoms with van der Waals surface area (Å²) in [5, 5.41) is 52.2. The van der Waals surface area contributed by atoms with Gasteiger partial charge in [0.25, 0.3) is 0 Å². The first-order valence-electron chi connectivity index (χ1n) is 12.3. The number of rotatable bonds is 5. The van der Waals surface area contributed by atoms with Gasteiger partial charge in [0.05, 0.1) is 48.2 Å². The zero-order valence-corrected chi connectivity index (χ0v) is 21.0. The highest BCUT2D eigenvalue weighted by molar-refractivity contribution is 6.31. The first kappa shape index (κ1) is 26.1. The zero-order valence-electron chi connectivity index (χ0n) is 21.0. The molecule has 1 aliphatic heterocycles. The second-order valence-corrected chi connectivity index (χ2v) is 10.1. The maximum absolute atomic E-state index is 13.7. The van der Waals surface area contributed by atoms with Gasteiger partial charge in [0, 0.05) is 48.1 Å². The topological polar surface area (TPSA) is 167 Å². The summed E-state index contributed by atoms with van der Waals surface area (Å²) in [6.45, 7) is 5.00. The summed E-state index contributed by atoms with van der Waals surface area (Å²) in [4.78, 5) is 27.2. The molecule has 1 fully saturated rings. The molecule has 4 atom stereocenters. The molecule has 5 rings (SSSR count). The number of aromatic hydroxyl groups is 2. The van der Waals surface area contributed by atoms with E-state index in [0.717, 1.165) is 0 Å². The lowest BCUT2D eigenvalue weighted by Crippen LogP contribution is -2.43. The van der Waals surface area contributed by atoms with E-state index in [1.54, 1.807) is 13.0 Å². The van der Waals surface area contributed by atoms with Crippen LogP contribution in [0.15, 0.2) is 30.4 Å². The minimum Gasteiger partial charge on any atom is -0.507 e. The van der Waals surface area contributed by atoms with Crippen LogP contribution in [-0.4, -0.2) is 69.4 Å². The third-order valence-corrected chi connectivity index (χ3v) is 7.57. The molecule has 0 radical (unpaired) electrons. The molecule has 10 heteroatoms. The van der Waals surface area contributed by atoms with Crippen molar-refractivity contribution in [3.05, 3.63) is 63.7 Å². The van der Waals surface area contributed by atoms with Crippen LogP contribution in [0.4, 0.5) is 0 Å². The highest BCUT2D eigenvalue weighted by atomic mass is 16.7. The van der Waals surface area contributed by atoms with Crippen molar-refractivity contribution in [2.24, 2.45) is 0 Å². The number of phenolic OH excluding ortho intramolecular Hbond substituents is 2. The molecule has 0 amide bonds. The van der Waals surface area contributed by atoms with E-state index in [1.807, 2.05) is 0 Å². The molecule has 0 spiro atoms. The number of nitrogens with one attached hydrogen (secondary N) is 1. The fraction of sp³-hybridized carbons (Fsp3) is 0.393. The molecule has 1 heterocycles. The number of methoxy groups -OCH3 is 1. The van der Waals surface area contributed by atoms with Gasteiger partial charge in [-0.3, -0.25) is 9.59 Å². The number of ketones is 2. The van der Waals surface area contributed by atoms with Gasteiger partial charge in [-0.2, -0.15) is 0 Å². The van der Waals surface area contributed by atoms with Gasteiger partial charge in [-0.15, -0.1) is 0 Å². The fourth-order valence-electron chi connectivity index (χ4n) is 5.70. The van der Waals surface area contributed by atoms with Crippen LogP contribution in [0, 0.1) is 5.41 Å². The monoisotopic (exact) mass is 523 g/mol. The molecule has 0 bridgehead atoms. The van der Waals surface area contributed by atoms with E-state index < -0.39 is 47.7 Å². The minimum absolute atomic E-state index is 0.000954. The quantitative estimate of drug-likeness (QED) is 0.250. The number of carbonyl (C=O) groups is 2. The highest BCUT2D eigenvalue weighted by Gasteiger charge is 2.48. The fourth-order valence-corrected chi connectivity index (χ4v) is 5.70. The Morgan fingerprint density at radius 2 is 1.87 bits per heavy atom. The van der Waals surface area contributed by atoms with E-state index in [0.29, 0.717) is 12.1 Å². The van der Waals surface area contributed by atoms with Gasteiger partial charge in [0.2, 0.25) is 5.78 Å². The summed E-state index contributed by atoms with van der Waals surface area (Å²) in [6, 6.07) is 4.50.